The van der Waals surface area contributed by atoms with Crippen molar-refractivity contribution in [1.29, 1.82) is 0 Å². The summed E-state index contributed by atoms with van der Waals surface area (Å²) in [4.78, 5) is 28.7. The van der Waals surface area contributed by atoms with Crippen molar-refractivity contribution < 1.29 is 17.6 Å². The van der Waals surface area contributed by atoms with Crippen LogP contribution < -0.4 is 11.1 Å². The first-order valence-electron chi connectivity index (χ1n) is 12.9. The molecule has 0 saturated carbocycles. The maximum atomic E-state index is 14.6. The summed E-state index contributed by atoms with van der Waals surface area (Å²) in [6.07, 6.45) is 6.25. The SMILES string of the molecule is CCC(=O)Nc1cncc(-c2cc3c(-c4nc5c(-c6cc(F)cc(C(N)S(C)(=O)=O)c6)cccc5[nH]4)n[nH]c3cn2)c1. The number of carbonyl (C=O) groups is 1. The highest BCUT2D eigenvalue weighted by Gasteiger charge is 2.21. The van der Waals surface area contributed by atoms with E-state index in [2.05, 4.69) is 30.5 Å². The zero-order chi connectivity index (χ0) is 29.6. The van der Waals surface area contributed by atoms with E-state index in [4.69, 9.17) is 10.7 Å². The second-order valence-corrected chi connectivity index (χ2v) is 12.0. The van der Waals surface area contributed by atoms with Gasteiger partial charge in [-0.25, -0.2) is 17.8 Å². The minimum Gasteiger partial charge on any atom is -0.337 e. The van der Waals surface area contributed by atoms with Gasteiger partial charge < -0.3 is 16.0 Å². The van der Waals surface area contributed by atoms with Crippen LogP contribution in [0.5, 0.6) is 0 Å². The number of sulfone groups is 1. The molecule has 0 aliphatic heterocycles. The van der Waals surface area contributed by atoms with Crippen LogP contribution in [0.1, 0.15) is 24.3 Å². The van der Waals surface area contributed by atoms with Crippen LogP contribution in [0.15, 0.2) is 67.1 Å². The number of halogens is 1. The summed E-state index contributed by atoms with van der Waals surface area (Å²) < 4.78 is 38.7. The summed E-state index contributed by atoms with van der Waals surface area (Å²) in [6, 6.07) is 13.1. The number of para-hydroxylation sites is 1. The largest absolute Gasteiger partial charge is 0.337 e. The number of pyridine rings is 2. The Morgan fingerprint density at radius 2 is 1.90 bits per heavy atom. The predicted molar refractivity (Wildman–Crippen MR) is 158 cm³/mol. The molecule has 4 aromatic heterocycles. The molecular formula is C29H25FN8O3S. The number of nitrogens with two attached hydrogens (primary N) is 1. The van der Waals surface area contributed by atoms with Crippen molar-refractivity contribution in [2.75, 3.05) is 11.6 Å². The van der Waals surface area contributed by atoms with Gasteiger partial charge in [-0.05, 0) is 47.5 Å². The van der Waals surface area contributed by atoms with Crippen molar-refractivity contribution in [2.45, 2.75) is 18.7 Å². The fraction of sp³-hybridized carbons (Fsp3) is 0.138. The molecule has 0 radical (unpaired) electrons. The second kappa shape index (κ2) is 10.4. The van der Waals surface area contributed by atoms with Gasteiger partial charge in [0.25, 0.3) is 0 Å². The maximum Gasteiger partial charge on any atom is 0.224 e. The molecule has 0 fully saturated rings. The minimum atomic E-state index is -3.64. The molecule has 0 spiro atoms. The van der Waals surface area contributed by atoms with E-state index in [9.17, 15) is 17.6 Å². The van der Waals surface area contributed by atoms with E-state index < -0.39 is 21.0 Å². The van der Waals surface area contributed by atoms with E-state index in [1.807, 2.05) is 12.1 Å². The summed E-state index contributed by atoms with van der Waals surface area (Å²) in [5, 5.41) is 9.63. The molecule has 212 valence electrons. The first kappa shape index (κ1) is 27.2. The molecule has 4 heterocycles. The molecule has 0 bridgehead atoms. The summed E-state index contributed by atoms with van der Waals surface area (Å²) in [6.45, 7) is 1.77. The van der Waals surface area contributed by atoms with Crippen molar-refractivity contribution in [3.8, 4) is 33.9 Å². The van der Waals surface area contributed by atoms with Gasteiger partial charge in [-0.3, -0.25) is 19.9 Å². The standard InChI is InChI=1S/C29H25FN8O3S/c1-3-25(39)34-19-10-17(12-32-13-19)23-11-21-24(14-33-23)37-38-27(21)29-35-22-6-4-5-20(26(22)36-29)15-7-16(9-18(30)8-15)28(31)42(2,40)41/h4-14,28H,3,31H2,1-2H3,(H,34,39)(H,35,36)(H,37,38). The Labute approximate surface area is 239 Å². The highest BCUT2D eigenvalue weighted by atomic mass is 32.2. The van der Waals surface area contributed by atoms with Gasteiger partial charge >= 0.3 is 0 Å². The number of anilines is 1. The summed E-state index contributed by atoms with van der Waals surface area (Å²) in [5.41, 5.74) is 11.4. The number of imidazole rings is 1. The average Bonchev–Trinajstić information content (AvgIpc) is 3.59. The van der Waals surface area contributed by atoms with Crippen LogP contribution in [0.25, 0.3) is 55.8 Å². The van der Waals surface area contributed by atoms with E-state index in [1.54, 1.807) is 49.8 Å². The minimum absolute atomic E-state index is 0.119. The van der Waals surface area contributed by atoms with Crippen molar-refractivity contribution in [2.24, 2.45) is 5.73 Å². The molecule has 2 aromatic carbocycles. The van der Waals surface area contributed by atoms with E-state index in [-0.39, 0.29) is 11.5 Å². The van der Waals surface area contributed by atoms with Crippen LogP contribution in [0, 0.1) is 5.82 Å². The van der Waals surface area contributed by atoms with Crippen molar-refractivity contribution in [1.82, 2.24) is 30.1 Å². The number of hydrogen-bond acceptors (Lipinski definition) is 8. The molecule has 6 aromatic rings. The number of aromatic amines is 2. The smallest absolute Gasteiger partial charge is 0.224 e. The van der Waals surface area contributed by atoms with Crippen LogP contribution in [0.2, 0.25) is 0 Å². The summed E-state index contributed by atoms with van der Waals surface area (Å²) >= 11 is 0. The second-order valence-electron chi connectivity index (χ2n) is 9.86. The number of hydrogen-bond donors (Lipinski definition) is 4. The molecule has 1 unspecified atom stereocenters. The molecule has 1 amide bonds. The van der Waals surface area contributed by atoms with E-state index in [0.717, 1.165) is 17.7 Å². The lowest BCUT2D eigenvalue weighted by Crippen LogP contribution is -2.20. The topological polar surface area (TPSA) is 172 Å². The van der Waals surface area contributed by atoms with Gasteiger partial charge in [-0.15, -0.1) is 0 Å². The number of aromatic nitrogens is 6. The first-order valence-corrected chi connectivity index (χ1v) is 14.9. The summed E-state index contributed by atoms with van der Waals surface area (Å²) in [7, 11) is -3.64. The lowest BCUT2D eigenvalue weighted by atomic mass is 10.0. The molecule has 13 heteroatoms. The Morgan fingerprint density at radius 3 is 2.69 bits per heavy atom. The van der Waals surface area contributed by atoms with Gasteiger partial charge in [-0.2, -0.15) is 5.10 Å². The molecule has 42 heavy (non-hydrogen) atoms. The first-order chi connectivity index (χ1) is 20.1. The number of benzene rings is 2. The number of amides is 1. The zero-order valence-electron chi connectivity index (χ0n) is 22.5. The third-order valence-electron chi connectivity index (χ3n) is 6.84. The molecular weight excluding hydrogens is 559 g/mol. The zero-order valence-corrected chi connectivity index (χ0v) is 23.3. The summed E-state index contributed by atoms with van der Waals surface area (Å²) in [5.74, 6) is -0.264. The Kier molecular flexibility index (Phi) is 6.75. The fourth-order valence-corrected chi connectivity index (χ4v) is 5.34. The van der Waals surface area contributed by atoms with Crippen molar-refractivity contribution in [3.63, 3.8) is 0 Å². The molecule has 1 atom stereocenters. The quantitative estimate of drug-likeness (QED) is 0.209. The number of nitrogens with zero attached hydrogens (tertiary/aromatic N) is 4. The number of fused-ring (bicyclic) bond motifs is 2. The number of nitrogens with one attached hydrogen (secondary N) is 3. The van der Waals surface area contributed by atoms with Gasteiger partial charge in [0, 0.05) is 35.4 Å². The maximum absolute atomic E-state index is 14.6. The normalized spacial score (nSPS) is 12.6. The molecule has 0 aliphatic rings. The van der Waals surface area contributed by atoms with Gasteiger partial charge in [-0.1, -0.05) is 19.1 Å². The average molecular weight is 585 g/mol. The van der Waals surface area contributed by atoms with E-state index >= 15 is 0 Å². The Bertz CT molecular complexity index is 2110. The van der Waals surface area contributed by atoms with Gasteiger partial charge in [0.15, 0.2) is 15.7 Å². The fourth-order valence-electron chi connectivity index (χ4n) is 4.71. The molecule has 0 aliphatic carbocycles. The lowest BCUT2D eigenvalue weighted by molar-refractivity contribution is -0.115. The van der Waals surface area contributed by atoms with Crippen molar-refractivity contribution >= 4 is 43.4 Å². The lowest BCUT2D eigenvalue weighted by Gasteiger charge is -2.12. The third-order valence-corrected chi connectivity index (χ3v) is 8.04. The molecule has 0 saturated heterocycles. The number of H-pyrrole nitrogens is 2. The monoisotopic (exact) mass is 584 g/mol. The van der Waals surface area contributed by atoms with Gasteiger partial charge in [0.05, 0.1) is 40.3 Å². The molecule has 11 nitrogen and oxygen atoms in total. The van der Waals surface area contributed by atoms with Crippen LogP contribution in [0.4, 0.5) is 10.1 Å². The van der Waals surface area contributed by atoms with Crippen LogP contribution in [-0.4, -0.2) is 50.7 Å². The Morgan fingerprint density at radius 1 is 1.07 bits per heavy atom. The molecule has 5 N–H and O–H groups in total. The van der Waals surface area contributed by atoms with Crippen molar-refractivity contribution in [3.05, 3.63) is 78.5 Å². The number of carbonyl (C=O) groups excluding carboxylic acids is 1. The Balaban J connectivity index is 1.42. The van der Waals surface area contributed by atoms with Gasteiger partial charge in [0.1, 0.15) is 16.9 Å². The highest BCUT2D eigenvalue weighted by molar-refractivity contribution is 7.90. The van der Waals surface area contributed by atoms with E-state index in [0.29, 0.717) is 62.6 Å². The highest BCUT2D eigenvalue weighted by Crippen LogP contribution is 2.34. The van der Waals surface area contributed by atoms with Crippen LogP contribution in [-0.2, 0) is 14.6 Å². The van der Waals surface area contributed by atoms with Gasteiger partial charge in [0.2, 0.25) is 5.91 Å². The number of rotatable bonds is 7. The predicted octanol–water partition coefficient (Wildman–Crippen LogP) is 4.72. The van der Waals surface area contributed by atoms with E-state index in [1.165, 1.54) is 6.07 Å². The third kappa shape index (κ3) is 5.10. The van der Waals surface area contributed by atoms with Crippen LogP contribution in [0.3, 0.4) is 0 Å². The van der Waals surface area contributed by atoms with Crippen LogP contribution >= 0.6 is 0 Å². The Hall–Kier alpha value is -5.01. The molecule has 6 rings (SSSR count).